The highest BCUT2D eigenvalue weighted by Crippen LogP contribution is 2.25. The molecule has 0 radical (unpaired) electrons. The van der Waals surface area contributed by atoms with E-state index < -0.39 is 150 Å². The van der Waals surface area contributed by atoms with Crippen LogP contribution in [0.1, 0.15) is 116 Å². The fourth-order valence-corrected chi connectivity index (χ4v) is 8.99. The van der Waals surface area contributed by atoms with Gasteiger partial charge >= 0.3 is 0 Å². The fourth-order valence-electron chi connectivity index (χ4n) is 8.99. The zero-order valence-electron chi connectivity index (χ0n) is 49.0. The molecule has 76 heavy (non-hydrogen) atoms. The molecule has 1 rings (SSSR count). The van der Waals surface area contributed by atoms with Gasteiger partial charge in [0.25, 0.3) is 0 Å². The second-order valence-corrected chi connectivity index (χ2v) is 21.8. The van der Waals surface area contributed by atoms with Crippen molar-refractivity contribution in [2.24, 2.45) is 23.7 Å². The Bertz CT molecular complexity index is 2100. The minimum absolute atomic E-state index is 0.0265. The predicted octanol–water partition coefficient (Wildman–Crippen LogP) is 0.192. The summed E-state index contributed by atoms with van der Waals surface area (Å²) in [5.74, 6) is -9.16. The van der Waals surface area contributed by atoms with Crippen LogP contribution in [0.2, 0.25) is 0 Å². The van der Waals surface area contributed by atoms with E-state index in [-0.39, 0.29) is 31.1 Å². The molecule has 11 amide bonds. The molecule has 0 unspecified atom stereocenters. The topological polar surface area (TPSA) is 279 Å². The molecule has 0 saturated carbocycles. The molecule has 432 valence electrons. The van der Waals surface area contributed by atoms with Crippen molar-refractivity contribution in [3.63, 3.8) is 0 Å². The molecule has 1 heterocycles. The van der Waals surface area contributed by atoms with Crippen LogP contribution in [0.5, 0.6) is 0 Å². The van der Waals surface area contributed by atoms with Crippen LogP contribution in [0, 0.1) is 23.7 Å². The Morgan fingerprint density at radius 3 is 1.47 bits per heavy atom. The maximum Gasteiger partial charge on any atom is 0.246 e. The van der Waals surface area contributed by atoms with Crippen molar-refractivity contribution in [3.05, 3.63) is 12.2 Å². The molecule has 1 fully saturated rings. The third-order valence-electron chi connectivity index (χ3n) is 14.0. The first-order valence-electron chi connectivity index (χ1n) is 26.4. The highest BCUT2D eigenvalue weighted by Gasteiger charge is 2.45. The average Bonchev–Trinajstić information content (AvgIpc) is 3.34. The van der Waals surface area contributed by atoms with Gasteiger partial charge in [0.15, 0.2) is 0 Å². The molecule has 0 spiro atoms. The van der Waals surface area contributed by atoms with Crippen molar-refractivity contribution in [2.45, 2.75) is 176 Å². The van der Waals surface area contributed by atoms with E-state index in [1.54, 1.807) is 46.8 Å². The molecule has 1 saturated heterocycles. The number of rotatable bonds is 10. The number of carbonyl (C=O) groups is 11. The van der Waals surface area contributed by atoms with Gasteiger partial charge in [0, 0.05) is 49.3 Å². The average molecular weight is 1080 g/mol. The van der Waals surface area contributed by atoms with Crippen molar-refractivity contribution in [1.82, 2.24) is 55.6 Å². The highest BCUT2D eigenvalue weighted by molar-refractivity contribution is 5.99. The number of aliphatic hydroxyl groups excluding tert-OH is 1. The van der Waals surface area contributed by atoms with Crippen LogP contribution in [0.15, 0.2) is 12.2 Å². The zero-order valence-corrected chi connectivity index (χ0v) is 49.0. The van der Waals surface area contributed by atoms with Crippen LogP contribution in [-0.4, -0.2) is 227 Å². The minimum atomic E-state index is -1.60. The Balaban J connectivity index is 4.07. The number of amides is 11. The van der Waals surface area contributed by atoms with Crippen molar-refractivity contribution >= 4 is 65.0 Å². The number of carbonyl (C=O) groups excluding carboxylic acids is 11. The molecule has 0 aromatic carbocycles. The number of hydrogen-bond acceptors (Lipinski definition) is 12. The summed E-state index contributed by atoms with van der Waals surface area (Å²) in [6.07, 6.45) is 2.73. The molecule has 1 aliphatic rings. The number of allylic oxidation sites excluding steroid dienone is 2. The second kappa shape index (κ2) is 30.6. The first kappa shape index (κ1) is 67.9. The van der Waals surface area contributed by atoms with Gasteiger partial charge in [0.1, 0.15) is 54.4 Å². The van der Waals surface area contributed by atoms with Crippen LogP contribution in [0.3, 0.4) is 0 Å². The summed E-state index contributed by atoms with van der Waals surface area (Å²) in [6.45, 7) is 20.5. The Hall–Kier alpha value is -6.13. The number of hydrogen-bond donors (Lipinski definition) is 5. The summed E-state index contributed by atoms with van der Waals surface area (Å²) in [5.41, 5.74) is 0. The monoisotopic (exact) mass is 1080 g/mol. The van der Waals surface area contributed by atoms with Gasteiger partial charge in [-0.05, 0) is 84.0 Å². The lowest BCUT2D eigenvalue weighted by Gasteiger charge is -2.41. The molecule has 23 heteroatoms. The fraction of sp³-hybridized carbons (Fsp3) is 0.755. The van der Waals surface area contributed by atoms with Gasteiger partial charge in [-0.1, -0.05) is 67.5 Å². The summed E-state index contributed by atoms with van der Waals surface area (Å²) in [7, 11) is 9.62. The molecule has 5 N–H and O–H groups in total. The van der Waals surface area contributed by atoms with Gasteiger partial charge in [-0.25, -0.2) is 0 Å². The lowest BCUT2D eigenvalue weighted by atomic mass is 9.91. The van der Waals surface area contributed by atoms with E-state index >= 15 is 0 Å². The Labute approximate surface area is 451 Å². The van der Waals surface area contributed by atoms with E-state index in [9.17, 15) is 57.8 Å². The van der Waals surface area contributed by atoms with Gasteiger partial charge < -0.3 is 60.7 Å². The van der Waals surface area contributed by atoms with Crippen LogP contribution in [-0.2, 0) is 52.7 Å². The van der Waals surface area contributed by atoms with E-state index in [1.807, 2.05) is 27.7 Å². The van der Waals surface area contributed by atoms with Gasteiger partial charge in [0.05, 0.1) is 19.2 Å². The highest BCUT2D eigenvalue weighted by atomic mass is 16.3. The van der Waals surface area contributed by atoms with E-state index in [0.29, 0.717) is 6.42 Å². The largest absolute Gasteiger partial charge is 0.390 e. The summed E-state index contributed by atoms with van der Waals surface area (Å²) in [5, 5.41) is 22.3. The van der Waals surface area contributed by atoms with Crippen LogP contribution < -0.4 is 21.3 Å². The van der Waals surface area contributed by atoms with Crippen molar-refractivity contribution in [2.75, 3.05) is 62.4 Å². The van der Waals surface area contributed by atoms with Crippen LogP contribution in [0.25, 0.3) is 0 Å². The Kier molecular flexibility index (Phi) is 27.3. The van der Waals surface area contributed by atoms with E-state index in [4.69, 9.17) is 0 Å². The maximum atomic E-state index is 15.0. The number of aliphatic hydroxyl groups is 1. The number of nitrogens with one attached hydrogen (secondary N) is 4. The van der Waals surface area contributed by atoms with E-state index in [0.717, 1.165) is 19.6 Å². The summed E-state index contributed by atoms with van der Waals surface area (Å²) in [6, 6.07) is -11.1. The van der Waals surface area contributed by atoms with Gasteiger partial charge in [-0.3, -0.25) is 52.7 Å². The summed E-state index contributed by atoms with van der Waals surface area (Å²) < 4.78 is 0. The first-order valence-corrected chi connectivity index (χ1v) is 26.4. The molecule has 0 aliphatic carbocycles. The van der Waals surface area contributed by atoms with E-state index in [2.05, 4.69) is 21.3 Å². The lowest BCUT2D eigenvalue weighted by Crippen LogP contribution is -2.63. The van der Waals surface area contributed by atoms with Crippen LogP contribution in [0.4, 0.5) is 0 Å². The summed E-state index contributed by atoms with van der Waals surface area (Å²) >= 11 is 0. The standard InChI is InChI=1S/C53H93N11O12/c1-21-23-24-32(9)44(67)43-47(70)57-37(22-2)50(73)59(15)28-41(66)60(16)36(13)46(69)56-34(11)48(71)58(14)27-40(65)54-33(10)45(68)55-35(12)49(72)61(17)38(25-29(3)4)51(74)62(18)39(26-30(5)6)52(75)63(19)42(31(7)8)53(76)64(43)20/h21,23,29-39,42-44,67H,22,24-28H2,1-20H3,(H,54,65)(H,55,68)(H,56,69)(H,57,70)/b23-21+/t32-,33+,34+,35-,36+,37+,38+,39-,42+,43+,44-/m1/s1. The molecular formula is C53H93N11O12. The Morgan fingerprint density at radius 1 is 0.526 bits per heavy atom. The number of likely N-dealkylation sites (N-methyl/N-ethyl adjacent to an activating group) is 7. The van der Waals surface area contributed by atoms with E-state index in [1.165, 1.54) is 91.7 Å². The molecule has 0 bridgehead atoms. The van der Waals surface area contributed by atoms with Gasteiger partial charge in [-0.15, -0.1) is 0 Å². The first-order chi connectivity index (χ1) is 35.1. The third-order valence-corrected chi connectivity index (χ3v) is 14.0. The smallest absolute Gasteiger partial charge is 0.246 e. The predicted molar refractivity (Wildman–Crippen MR) is 287 cm³/mol. The zero-order chi connectivity index (χ0) is 59.0. The van der Waals surface area contributed by atoms with Crippen LogP contribution >= 0.6 is 0 Å². The molecule has 0 aromatic rings. The third kappa shape index (κ3) is 18.6. The van der Waals surface area contributed by atoms with Crippen molar-refractivity contribution in [3.8, 4) is 0 Å². The van der Waals surface area contributed by atoms with Crippen molar-refractivity contribution in [1.29, 1.82) is 0 Å². The lowest BCUT2D eigenvalue weighted by molar-refractivity contribution is -0.157. The van der Waals surface area contributed by atoms with Gasteiger partial charge in [0.2, 0.25) is 65.0 Å². The molecular weight excluding hydrogens is 983 g/mol. The maximum absolute atomic E-state index is 15.0. The molecule has 23 nitrogen and oxygen atoms in total. The number of nitrogens with zero attached hydrogens (tertiary/aromatic N) is 7. The Morgan fingerprint density at radius 2 is 0.987 bits per heavy atom. The minimum Gasteiger partial charge on any atom is -0.390 e. The molecule has 0 aromatic heterocycles. The normalized spacial score (nSPS) is 27.4. The molecule has 11 atom stereocenters. The van der Waals surface area contributed by atoms with Crippen molar-refractivity contribution < 1.29 is 57.8 Å². The molecule has 1 aliphatic heterocycles. The van der Waals surface area contributed by atoms with Gasteiger partial charge in [-0.2, -0.15) is 0 Å². The SMILES string of the molecule is C/C=C/C[C@@H](C)[C@@H](O)[C@H]1C(=O)N[C@@H](CC)C(=O)N(C)CC(=O)N(C)[C@@H](C)C(=O)N[C@@H](C)C(=O)N(C)CC(=O)N[C@@H](C)C(=O)N[C@H](C)C(=O)N(C)[C@@H](CC(C)C)C(=O)N(C)[C@H](CC(C)C)C(=O)N(C)[C@@H](C(C)C)C(=O)N1C. The second-order valence-electron chi connectivity index (χ2n) is 21.8. The quantitative estimate of drug-likeness (QED) is 0.184. The summed E-state index contributed by atoms with van der Waals surface area (Å²) in [4.78, 5) is 162.